The second-order valence-electron chi connectivity index (χ2n) is 6.58. The SMILES string of the molecule is Fc1cccc(Cl)c1CN1CCCN(c2nc(-c3ccccc3)ns2)CC1. The zero-order chi connectivity index (χ0) is 18.6. The summed E-state index contributed by atoms with van der Waals surface area (Å²) in [4.78, 5) is 9.24. The Bertz CT molecular complexity index is 882. The molecule has 1 aliphatic rings. The van der Waals surface area contributed by atoms with Gasteiger partial charge < -0.3 is 4.90 Å². The Morgan fingerprint density at radius 1 is 1.00 bits per heavy atom. The van der Waals surface area contributed by atoms with Gasteiger partial charge in [-0.05, 0) is 18.6 Å². The van der Waals surface area contributed by atoms with E-state index in [2.05, 4.69) is 14.2 Å². The maximum Gasteiger partial charge on any atom is 0.205 e. The van der Waals surface area contributed by atoms with E-state index in [1.807, 2.05) is 30.3 Å². The monoisotopic (exact) mass is 402 g/mol. The Morgan fingerprint density at radius 3 is 2.67 bits per heavy atom. The summed E-state index contributed by atoms with van der Waals surface area (Å²) in [5.74, 6) is 0.537. The van der Waals surface area contributed by atoms with Crippen molar-refractivity contribution in [2.75, 3.05) is 31.1 Å². The van der Waals surface area contributed by atoms with Crippen LogP contribution in [0.3, 0.4) is 0 Å². The molecule has 0 unspecified atom stereocenters. The second kappa shape index (κ2) is 8.33. The van der Waals surface area contributed by atoms with Crippen molar-refractivity contribution >= 4 is 28.3 Å². The average molecular weight is 403 g/mol. The molecule has 27 heavy (non-hydrogen) atoms. The minimum atomic E-state index is -0.236. The summed E-state index contributed by atoms with van der Waals surface area (Å²) >= 11 is 7.62. The van der Waals surface area contributed by atoms with Gasteiger partial charge in [-0.25, -0.2) is 4.39 Å². The predicted molar refractivity (Wildman–Crippen MR) is 109 cm³/mol. The van der Waals surface area contributed by atoms with Crippen molar-refractivity contribution in [3.8, 4) is 11.4 Å². The second-order valence-corrected chi connectivity index (χ2v) is 7.72. The van der Waals surface area contributed by atoms with Crippen LogP contribution in [0, 0.1) is 5.82 Å². The van der Waals surface area contributed by atoms with Gasteiger partial charge in [-0.1, -0.05) is 48.0 Å². The molecule has 0 spiro atoms. The van der Waals surface area contributed by atoms with Crippen LogP contribution in [-0.4, -0.2) is 40.4 Å². The fourth-order valence-corrected chi connectivity index (χ4v) is 4.24. The first-order valence-corrected chi connectivity index (χ1v) is 10.1. The molecule has 3 aromatic rings. The summed E-state index contributed by atoms with van der Waals surface area (Å²) in [6.45, 7) is 4.04. The molecule has 1 fully saturated rings. The molecule has 1 saturated heterocycles. The van der Waals surface area contributed by atoms with Crippen molar-refractivity contribution in [3.05, 3.63) is 64.9 Å². The van der Waals surface area contributed by atoms with Gasteiger partial charge in [0.25, 0.3) is 0 Å². The Morgan fingerprint density at radius 2 is 1.85 bits per heavy atom. The van der Waals surface area contributed by atoms with Gasteiger partial charge >= 0.3 is 0 Å². The molecule has 0 radical (unpaired) electrons. The van der Waals surface area contributed by atoms with Crippen LogP contribution in [0.1, 0.15) is 12.0 Å². The maximum absolute atomic E-state index is 14.1. The molecular weight excluding hydrogens is 383 g/mol. The van der Waals surface area contributed by atoms with Crippen LogP contribution in [0.4, 0.5) is 9.52 Å². The third-order valence-electron chi connectivity index (χ3n) is 4.75. The lowest BCUT2D eigenvalue weighted by Gasteiger charge is -2.22. The number of aromatic nitrogens is 2. The van der Waals surface area contributed by atoms with Crippen LogP contribution in [0.25, 0.3) is 11.4 Å². The lowest BCUT2D eigenvalue weighted by atomic mass is 10.2. The largest absolute Gasteiger partial charge is 0.346 e. The Hall–Kier alpha value is -2.02. The van der Waals surface area contributed by atoms with Gasteiger partial charge in [-0.2, -0.15) is 9.36 Å². The van der Waals surface area contributed by atoms with Crippen LogP contribution < -0.4 is 4.90 Å². The van der Waals surface area contributed by atoms with Crippen LogP contribution in [-0.2, 0) is 6.54 Å². The number of benzene rings is 2. The first-order valence-electron chi connectivity index (χ1n) is 9.00. The highest BCUT2D eigenvalue weighted by molar-refractivity contribution is 7.09. The summed E-state index contributed by atoms with van der Waals surface area (Å²) in [5, 5.41) is 1.44. The number of halogens is 2. The van der Waals surface area contributed by atoms with E-state index in [0.717, 1.165) is 49.1 Å². The summed E-state index contributed by atoms with van der Waals surface area (Å²) < 4.78 is 18.6. The highest BCUT2D eigenvalue weighted by atomic mass is 35.5. The first-order chi connectivity index (χ1) is 13.2. The Balaban J connectivity index is 1.42. The topological polar surface area (TPSA) is 32.3 Å². The highest BCUT2D eigenvalue weighted by Gasteiger charge is 2.20. The van der Waals surface area contributed by atoms with Crippen LogP contribution in [0.5, 0.6) is 0 Å². The van der Waals surface area contributed by atoms with Gasteiger partial charge in [-0.3, -0.25) is 4.90 Å². The average Bonchev–Trinajstić information content (AvgIpc) is 3.06. The molecule has 4 nitrogen and oxygen atoms in total. The third kappa shape index (κ3) is 4.29. The number of hydrogen-bond acceptors (Lipinski definition) is 5. The quantitative estimate of drug-likeness (QED) is 0.632. The molecule has 7 heteroatoms. The smallest absolute Gasteiger partial charge is 0.205 e. The van der Waals surface area contributed by atoms with E-state index in [-0.39, 0.29) is 5.82 Å². The molecule has 0 bridgehead atoms. The number of hydrogen-bond donors (Lipinski definition) is 0. The lowest BCUT2D eigenvalue weighted by molar-refractivity contribution is 0.281. The van der Waals surface area contributed by atoms with E-state index in [1.165, 1.54) is 17.6 Å². The van der Waals surface area contributed by atoms with Gasteiger partial charge in [-0.15, -0.1) is 0 Å². The van der Waals surface area contributed by atoms with Crippen LogP contribution in [0.2, 0.25) is 5.02 Å². The molecule has 4 rings (SSSR count). The first kappa shape index (κ1) is 18.3. The molecule has 2 aromatic carbocycles. The van der Waals surface area contributed by atoms with E-state index >= 15 is 0 Å². The van der Waals surface area contributed by atoms with Crippen molar-refractivity contribution in [1.82, 2.24) is 14.3 Å². The molecule has 2 heterocycles. The standard InChI is InChI=1S/C20H20ClFN4S/c21-17-8-4-9-18(22)16(17)14-25-10-5-11-26(13-12-25)20-23-19(24-27-20)15-6-2-1-3-7-15/h1-4,6-9H,5,10-14H2. The highest BCUT2D eigenvalue weighted by Crippen LogP contribution is 2.26. The number of rotatable bonds is 4. The van der Waals surface area contributed by atoms with Gasteiger partial charge in [0.15, 0.2) is 5.82 Å². The van der Waals surface area contributed by atoms with E-state index < -0.39 is 0 Å². The molecule has 0 atom stereocenters. The Kier molecular flexibility index (Phi) is 5.66. The van der Waals surface area contributed by atoms with Crippen molar-refractivity contribution in [2.24, 2.45) is 0 Å². The molecule has 0 N–H and O–H groups in total. The minimum absolute atomic E-state index is 0.236. The van der Waals surface area contributed by atoms with Crippen molar-refractivity contribution in [2.45, 2.75) is 13.0 Å². The molecule has 140 valence electrons. The summed E-state index contributed by atoms with van der Waals surface area (Å²) in [6.07, 6.45) is 0.992. The maximum atomic E-state index is 14.1. The van der Waals surface area contributed by atoms with E-state index in [9.17, 15) is 4.39 Å². The van der Waals surface area contributed by atoms with E-state index in [0.29, 0.717) is 17.1 Å². The zero-order valence-electron chi connectivity index (χ0n) is 14.8. The van der Waals surface area contributed by atoms with Gasteiger partial charge in [0.1, 0.15) is 5.82 Å². The van der Waals surface area contributed by atoms with Crippen molar-refractivity contribution < 1.29 is 4.39 Å². The third-order valence-corrected chi connectivity index (χ3v) is 5.88. The van der Waals surface area contributed by atoms with Gasteiger partial charge in [0.2, 0.25) is 5.13 Å². The fourth-order valence-electron chi connectivity index (χ4n) is 3.28. The lowest BCUT2D eigenvalue weighted by Crippen LogP contribution is -2.30. The van der Waals surface area contributed by atoms with Crippen LogP contribution in [0.15, 0.2) is 48.5 Å². The van der Waals surface area contributed by atoms with Crippen LogP contribution >= 0.6 is 23.1 Å². The number of nitrogens with zero attached hydrogens (tertiary/aromatic N) is 4. The molecule has 1 aliphatic heterocycles. The Labute approximate surface area is 167 Å². The summed E-state index contributed by atoms with van der Waals surface area (Å²) in [7, 11) is 0. The fraction of sp³-hybridized carbons (Fsp3) is 0.300. The summed E-state index contributed by atoms with van der Waals surface area (Å²) in [5.41, 5.74) is 1.61. The molecule has 0 aliphatic carbocycles. The van der Waals surface area contributed by atoms with Gasteiger partial charge in [0.05, 0.1) is 0 Å². The number of anilines is 1. The molecule has 0 amide bonds. The van der Waals surface area contributed by atoms with Crippen molar-refractivity contribution in [3.63, 3.8) is 0 Å². The normalized spacial score (nSPS) is 15.7. The molecule has 1 aromatic heterocycles. The summed E-state index contributed by atoms with van der Waals surface area (Å²) in [6, 6.07) is 14.9. The minimum Gasteiger partial charge on any atom is -0.346 e. The predicted octanol–water partition coefficient (Wildman–Crippen LogP) is 4.71. The molecular formula is C20H20ClFN4S. The van der Waals surface area contributed by atoms with Gasteiger partial charge in [0, 0.05) is 60.4 Å². The zero-order valence-corrected chi connectivity index (χ0v) is 16.4. The van der Waals surface area contributed by atoms with Crippen molar-refractivity contribution in [1.29, 1.82) is 0 Å². The molecule has 0 saturated carbocycles. The van der Waals surface area contributed by atoms with E-state index in [1.54, 1.807) is 12.1 Å². The van der Waals surface area contributed by atoms with E-state index in [4.69, 9.17) is 16.6 Å².